The summed E-state index contributed by atoms with van der Waals surface area (Å²) in [7, 11) is 0. The predicted octanol–water partition coefficient (Wildman–Crippen LogP) is 4.72. The van der Waals surface area contributed by atoms with E-state index in [1.54, 1.807) is 4.90 Å². The Labute approximate surface area is 169 Å². The van der Waals surface area contributed by atoms with Gasteiger partial charge in [0.2, 0.25) is 5.91 Å². The Balaban J connectivity index is 2.01. The Kier molecular flexibility index (Phi) is 6.41. The second-order valence-electron chi connectivity index (χ2n) is 6.42. The molecule has 27 heavy (non-hydrogen) atoms. The van der Waals surface area contributed by atoms with Crippen LogP contribution >= 0.6 is 23.4 Å². The number of fused-ring (bicyclic) bond motifs is 1. The fourth-order valence-electron chi connectivity index (χ4n) is 3.50. The monoisotopic (exact) mass is 399 g/mol. The Morgan fingerprint density at radius 2 is 1.96 bits per heavy atom. The minimum atomic E-state index is 0.0734. The van der Waals surface area contributed by atoms with Gasteiger partial charge in [-0.3, -0.25) is 4.79 Å². The average molecular weight is 400 g/mol. The van der Waals surface area contributed by atoms with Crippen molar-refractivity contribution in [3.8, 4) is 17.2 Å². The highest BCUT2D eigenvalue weighted by Gasteiger charge is 2.25. The molecule has 1 heterocycles. The first-order chi connectivity index (χ1) is 13.1. The molecule has 1 aliphatic carbocycles. The zero-order valence-corrected chi connectivity index (χ0v) is 17.2. The number of hydrogen-bond acceptors (Lipinski definition) is 4. The maximum absolute atomic E-state index is 12.4. The molecule has 0 unspecified atom stereocenters. The molecule has 140 valence electrons. The van der Waals surface area contributed by atoms with Crippen molar-refractivity contribution in [2.45, 2.75) is 38.1 Å². The summed E-state index contributed by atoms with van der Waals surface area (Å²) in [6.45, 7) is 5.32. The molecule has 4 nitrogen and oxygen atoms in total. The van der Waals surface area contributed by atoms with Gasteiger partial charge in [0, 0.05) is 29.4 Å². The van der Waals surface area contributed by atoms with E-state index >= 15 is 0 Å². The van der Waals surface area contributed by atoms with E-state index in [1.807, 2.05) is 38.1 Å². The topological polar surface area (TPSA) is 57.0 Å². The van der Waals surface area contributed by atoms with Crippen LogP contribution in [0.5, 0.6) is 0 Å². The van der Waals surface area contributed by atoms with Gasteiger partial charge in [0.1, 0.15) is 11.1 Å². The summed E-state index contributed by atoms with van der Waals surface area (Å²) >= 11 is 7.41. The maximum Gasteiger partial charge on any atom is 0.232 e. The van der Waals surface area contributed by atoms with Crippen LogP contribution < -0.4 is 0 Å². The summed E-state index contributed by atoms with van der Waals surface area (Å²) in [4.78, 5) is 18.9. The summed E-state index contributed by atoms with van der Waals surface area (Å²) < 4.78 is 0. The number of benzene rings is 1. The fraction of sp³-hybridized carbons (Fsp3) is 0.381. The first-order valence-electron chi connectivity index (χ1n) is 9.21. The number of hydrogen-bond donors (Lipinski definition) is 0. The van der Waals surface area contributed by atoms with E-state index in [0.29, 0.717) is 34.5 Å². The molecule has 0 saturated heterocycles. The van der Waals surface area contributed by atoms with Crippen LogP contribution in [0.1, 0.15) is 37.1 Å². The van der Waals surface area contributed by atoms with Crippen molar-refractivity contribution in [2.24, 2.45) is 0 Å². The smallest absolute Gasteiger partial charge is 0.232 e. The molecule has 6 heteroatoms. The molecular weight excluding hydrogens is 378 g/mol. The van der Waals surface area contributed by atoms with Crippen LogP contribution in [0.25, 0.3) is 11.1 Å². The van der Waals surface area contributed by atoms with E-state index in [2.05, 4.69) is 6.07 Å². The van der Waals surface area contributed by atoms with Crippen molar-refractivity contribution in [1.82, 2.24) is 9.88 Å². The fourth-order valence-corrected chi connectivity index (χ4v) is 4.53. The van der Waals surface area contributed by atoms with Crippen LogP contribution in [0.4, 0.5) is 0 Å². The van der Waals surface area contributed by atoms with Crippen LogP contribution in [-0.2, 0) is 17.6 Å². The first-order valence-corrected chi connectivity index (χ1v) is 10.6. The molecule has 0 saturated carbocycles. The third-order valence-corrected chi connectivity index (χ3v) is 6.10. The molecular formula is C21H22ClN3OS. The summed E-state index contributed by atoms with van der Waals surface area (Å²) in [6.07, 6.45) is 2.89. The number of rotatable bonds is 6. The summed E-state index contributed by atoms with van der Waals surface area (Å²) in [5.74, 6) is 0.367. The quantitative estimate of drug-likeness (QED) is 0.659. The number of pyridine rings is 1. The van der Waals surface area contributed by atoms with E-state index in [-0.39, 0.29) is 5.91 Å². The lowest BCUT2D eigenvalue weighted by molar-refractivity contribution is -0.127. The zero-order valence-electron chi connectivity index (χ0n) is 15.6. The molecule has 0 bridgehead atoms. The molecule has 0 N–H and O–H groups in total. The van der Waals surface area contributed by atoms with Gasteiger partial charge in [0.15, 0.2) is 0 Å². The number of thioether (sulfide) groups is 1. The van der Waals surface area contributed by atoms with Gasteiger partial charge in [-0.2, -0.15) is 5.26 Å². The predicted molar refractivity (Wildman–Crippen MR) is 110 cm³/mol. The van der Waals surface area contributed by atoms with Crippen LogP contribution in [0.3, 0.4) is 0 Å². The lowest BCUT2D eigenvalue weighted by Gasteiger charge is -2.19. The Morgan fingerprint density at radius 1 is 1.26 bits per heavy atom. The summed E-state index contributed by atoms with van der Waals surface area (Å²) in [5, 5.41) is 11.2. The molecule has 1 amide bonds. The van der Waals surface area contributed by atoms with Crippen molar-refractivity contribution in [3.63, 3.8) is 0 Å². The van der Waals surface area contributed by atoms with Gasteiger partial charge < -0.3 is 4.90 Å². The van der Waals surface area contributed by atoms with Crippen LogP contribution in [0.2, 0.25) is 5.02 Å². The number of amides is 1. The maximum atomic E-state index is 12.4. The second-order valence-corrected chi connectivity index (χ2v) is 7.82. The number of carbonyl (C=O) groups is 1. The number of carbonyl (C=O) groups excluding carboxylic acids is 1. The molecule has 1 aromatic carbocycles. The minimum absolute atomic E-state index is 0.0734. The van der Waals surface area contributed by atoms with Gasteiger partial charge in [0.25, 0.3) is 0 Å². The van der Waals surface area contributed by atoms with Gasteiger partial charge in [-0.15, -0.1) is 0 Å². The Hall–Kier alpha value is -2.03. The van der Waals surface area contributed by atoms with Crippen LogP contribution in [-0.4, -0.2) is 34.6 Å². The molecule has 1 aromatic heterocycles. The third-order valence-electron chi connectivity index (χ3n) is 4.88. The van der Waals surface area contributed by atoms with Gasteiger partial charge in [0.05, 0.1) is 11.3 Å². The van der Waals surface area contributed by atoms with E-state index in [1.165, 1.54) is 11.8 Å². The minimum Gasteiger partial charge on any atom is -0.343 e. The Bertz CT molecular complexity index is 886. The van der Waals surface area contributed by atoms with Gasteiger partial charge in [-0.1, -0.05) is 35.5 Å². The molecule has 0 spiro atoms. The zero-order chi connectivity index (χ0) is 19.4. The SMILES string of the molecule is CCN(CC)C(=O)CSc1nc2c(c(-c3ccc(Cl)cc3)c1C#N)CCC2. The van der Waals surface area contributed by atoms with E-state index in [0.717, 1.165) is 41.6 Å². The highest BCUT2D eigenvalue weighted by molar-refractivity contribution is 8.00. The molecule has 2 aromatic rings. The Morgan fingerprint density at radius 3 is 2.59 bits per heavy atom. The second kappa shape index (κ2) is 8.77. The third kappa shape index (κ3) is 4.12. The van der Waals surface area contributed by atoms with Crippen molar-refractivity contribution < 1.29 is 4.79 Å². The standard InChI is InChI=1S/C21H22ClN3OS/c1-3-25(4-2)19(26)13-27-21-17(12-23)20(14-8-10-15(22)11-9-14)16-6-5-7-18(16)24-21/h8-11H,3-7,13H2,1-2H3. The number of aryl methyl sites for hydroxylation is 1. The summed E-state index contributed by atoms with van der Waals surface area (Å²) in [6, 6.07) is 9.94. The molecule has 0 fully saturated rings. The number of nitrogens with zero attached hydrogens (tertiary/aromatic N) is 3. The lowest BCUT2D eigenvalue weighted by atomic mass is 9.95. The lowest BCUT2D eigenvalue weighted by Crippen LogP contribution is -2.31. The van der Waals surface area contributed by atoms with Crippen molar-refractivity contribution in [3.05, 3.63) is 46.1 Å². The van der Waals surface area contributed by atoms with Gasteiger partial charge in [-0.25, -0.2) is 4.98 Å². The van der Waals surface area contributed by atoms with Gasteiger partial charge in [-0.05, 0) is 56.4 Å². The largest absolute Gasteiger partial charge is 0.343 e. The van der Waals surface area contributed by atoms with Crippen LogP contribution in [0, 0.1) is 11.3 Å². The van der Waals surface area contributed by atoms with Crippen molar-refractivity contribution >= 4 is 29.3 Å². The normalized spacial score (nSPS) is 12.5. The van der Waals surface area contributed by atoms with E-state index < -0.39 is 0 Å². The number of aromatic nitrogens is 1. The summed E-state index contributed by atoms with van der Waals surface area (Å²) in [5.41, 5.74) is 4.71. The molecule has 1 aliphatic rings. The van der Waals surface area contributed by atoms with Crippen molar-refractivity contribution in [2.75, 3.05) is 18.8 Å². The first kappa shape index (κ1) is 19.7. The molecule has 0 atom stereocenters. The molecule has 0 aliphatic heterocycles. The van der Waals surface area contributed by atoms with Crippen molar-refractivity contribution in [1.29, 1.82) is 5.26 Å². The molecule has 0 radical (unpaired) electrons. The number of halogens is 1. The van der Waals surface area contributed by atoms with Crippen LogP contribution in [0.15, 0.2) is 29.3 Å². The van der Waals surface area contributed by atoms with E-state index in [9.17, 15) is 10.1 Å². The highest BCUT2D eigenvalue weighted by Crippen LogP contribution is 2.38. The number of nitriles is 1. The average Bonchev–Trinajstić information content (AvgIpc) is 3.15. The molecule has 3 rings (SSSR count). The van der Waals surface area contributed by atoms with Gasteiger partial charge >= 0.3 is 0 Å². The van der Waals surface area contributed by atoms with E-state index in [4.69, 9.17) is 16.6 Å². The highest BCUT2D eigenvalue weighted by atomic mass is 35.5.